The number of hydrogen-bond acceptors (Lipinski definition) is 9. The van der Waals surface area contributed by atoms with E-state index in [0.29, 0.717) is 58.0 Å². The lowest BCUT2D eigenvalue weighted by Crippen LogP contribution is -2.29. The highest BCUT2D eigenvalue weighted by molar-refractivity contribution is 7.22. The van der Waals surface area contributed by atoms with Gasteiger partial charge in [-0.2, -0.15) is 0 Å². The van der Waals surface area contributed by atoms with E-state index in [1.807, 2.05) is 43.3 Å². The predicted octanol–water partition coefficient (Wildman–Crippen LogP) is 7.31. The molecule has 1 atom stereocenters. The number of amides is 1. The van der Waals surface area contributed by atoms with Gasteiger partial charge in [0.1, 0.15) is 23.9 Å². The fourth-order valence-electron chi connectivity index (χ4n) is 5.29. The molecule has 1 aromatic heterocycles. The van der Waals surface area contributed by atoms with E-state index < -0.39 is 17.7 Å². The van der Waals surface area contributed by atoms with E-state index in [9.17, 15) is 14.7 Å². The number of ether oxygens (including phenoxy) is 4. The third kappa shape index (κ3) is 5.99. The Morgan fingerprint density at radius 1 is 0.870 bits per heavy atom. The molecule has 1 saturated heterocycles. The van der Waals surface area contributed by atoms with Crippen molar-refractivity contribution in [3.05, 3.63) is 113 Å². The van der Waals surface area contributed by atoms with Gasteiger partial charge >= 0.3 is 5.91 Å². The summed E-state index contributed by atoms with van der Waals surface area (Å²) >= 11 is 1.25. The summed E-state index contributed by atoms with van der Waals surface area (Å²) in [7, 11) is 3.10. The van der Waals surface area contributed by atoms with Crippen LogP contribution in [0.5, 0.6) is 23.0 Å². The number of nitrogens with zero attached hydrogens (tertiary/aromatic N) is 2. The van der Waals surface area contributed by atoms with Crippen molar-refractivity contribution in [3.63, 3.8) is 0 Å². The third-order valence-electron chi connectivity index (χ3n) is 7.56. The fourth-order valence-corrected chi connectivity index (χ4v) is 6.31. The standard InChI is InChI=1S/C36H32N2O7S/c1-4-17-44-26-12-8-11-24(18-26)33(39)31-32(23-13-16-28(29(19-23)43-3)45-21-22-9-6-5-7-10-22)38(35(41)34(31)40)36-37-27-15-14-25(42-2)20-30(27)46-36/h5-16,18-20,32,39H,4,17,21H2,1-3H3/b33-31+. The monoisotopic (exact) mass is 636 g/mol. The number of aliphatic hydroxyl groups is 1. The Hall–Kier alpha value is -5.35. The minimum atomic E-state index is -1.01. The Morgan fingerprint density at radius 3 is 2.46 bits per heavy atom. The minimum absolute atomic E-state index is 0.0746. The molecule has 234 valence electrons. The zero-order valence-electron chi connectivity index (χ0n) is 25.6. The van der Waals surface area contributed by atoms with Gasteiger partial charge in [0.15, 0.2) is 16.6 Å². The van der Waals surface area contributed by atoms with Crippen molar-refractivity contribution in [2.75, 3.05) is 25.7 Å². The number of aliphatic hydroxyl groups excluding tert-OH is 1. The molecular formula is C36H32N2O7S. The van der Waals surface area contributed by atoms with Crippen LogP contribution in [0.1, 0.15) is 36.1 Å². The van der Waals surface area contributed by atoms with Gasteiger partial charge in [0.05, 0.1) is 42.7 Å². The summed E-state index contributed by atoms with van der Waals surface area (Å²) in [4.78, 5) is 33.7. The molecule has 1 unspecified atom stereocenters. The summed E-state index contributed by atoms with van der Waals surface area (Å²) in [6.45, 7) is 2.81. The van der Waals surface area contributed by atoms with Crippen LogP contribution in [-0.2, 0) is 16.2 Å². The van der Waals surface area contributed by atoms with Crippen LogP contribution in [0.25, 0.3) is 16.0 Å². The number of anilines is 1. The largest absolute Gasteiger partial charge is 0.507 e. The molecule has 10 heteroatoms. The first-order chi connectivity index (χ1) is 22.4. The minimum Gasteiger partial charge on any atom is -0.507 e. The summed E-state index contributed by atoms with van der Waals surface area (Å²) in [5.74, 6) is 0.115. The molecule has 2 heterocycles. The van der Waals surface area contributed by atoms with Crippen molar-refractivity contribution in [1.29, 1.82) is 0 Å². The molecule has 4 aromatic carbocycles. The number of thiazole rings is 1. The van der Waals surface area contributed by atoms with Crippen LogP contribution in [0.3, 0.4) is 0 Å². The van der Waals surface area contributed by atoms with Gasteiger partial charge in [0.2, 0.25) is 0 Å². The van der Waals surface area contributed by atoms with Gasteiger partial charge in [-0.1, -0.05) is 66.8 Å². The maximum absolute atomic E-state index is 13.8. The SMILES string of the molecule is CCCOc1cccc(/C(O)=C2\C(=O)C(=O)N(c3nc4ccc(OC)cc4s3)C2c2ccc(OCc3ccccc3)c(OC)c2)c1. The molecular weight excluding hydrogens is 604 g/mol. The summed E-state index contributed by atoms with van der Waals surface area (Å²) in [5.41, 5.74) is 2.43. The van der Waals surface area contributed by atoms with Crippen molar-refractivity contribution in [2.24, 2.45) is 0 Å². The Morgan fingerprint density at radius 2 is 1.70 bits per heavy atom. The summed E-state index contributed by atoms with van der Waals surface area (Å²) in [5, 5.41) is 12.0. The average Bonchev–Trinajstić information content (AvgIpc) is 3.63. The molecule has 0 spiro atoms. The molecule has 9 nitrogen and oxygen atoms in total. The zero-order chi connectivity index (χ0) is 32.2. The first-order valence-electron chi connectivity index (χ1n) is 14.7. The maximum atomic E-state index is 13.8. The van der Waals surface area contributed by atoms with E-state index >= 15 is 0 Å². The van der Waals surface area contributed by atoms with Crippen LogP contribution in [-0.4, -0.2) is 42.6 Å². The highest BCUT2D eigenvalue weighted by atomic mass is 32.1. The Labute approximate surface area is 270 Å². The molecule has 0 aliphatic carbocycles. The summed E-state index contributed by atoms with van der Waals surface area (Å²) < 4.78 is 23.7. The van der Waals surface area contributed by atoms with Gasteiger partial charge in [-0.05, 0) is 60.0 Å². The Kier molecular flexibility index (Phi) is 8.89. The van der Waals surface area contributed by atoms with E-state index in [2.05, 4.69) is 0 Å². The molecule has 1 fully saturated rings. The van der Waals surface area contributed by atoms with Crippen molar-refractivity contribution >= 4 is 44.1 Å². The van der Waals surface area contributed by atoms with Crippen LogP contribution >= 0.6 is 11.3 Å². The highest BCUT2D eigenvalue weighted by Crippen LogP contribution is 2.46. The number of Topliss-reactive ketones (excluding diaryl/α,β-unsaturated/α-hetero) is 1. The topological polar surface area (TPSA) is 107 Å². The molecule has 1 N–H and O–H groups in total. The lowest BCUT2D eigenvalue weighted by molar-refractivity contribution is -0.132. The van der Waals surface area contributed by atoms with E-state index in [4.69, 9.17) is 23.9 Å². The molecule has 1 amide bonds. The average molecular weight is 637 g/mol. The number of hydrogen-bond donors (Lipinski definition) is 1. The number of methoxy groups -OCH3 is 2. The van der Waals surface area contributed by atoms with Gasteiger partial charge in [-0.15, -0.1) is 0 Å². The molecule has 1 aliphatic rings. The number of carbonyl (C=O) groups is 2. The second kappa shape index (κ2) is 13.3. The van der Waals surface area contributed by atoms with E-state index in [0.717, 1.165) is 16.7 Å². The van der Waals surface area contributed by atoms with E-state index in [1.54, 1.807) is 61.7 Å². The zero-order valence-corrected chi connectivity index (χ0v) is 26.4. The van der Waals surface area contributed by atoms with Gasteiger partial charge < -0.3 is 24.1 Å². The number of ketones is 1. The number of benzene rings is 4. The van der Waals surface area contributed by atoms with E-state index in [-0.39, 0.29) is 11.3 Å². The van der Waals surface area contributed by atoms with Crippen LogP contribution in [0.2, 0.25) is 0 Å². The number of fused-ring (bicyclic) bond motifs is 1. The van der Waals surface area contributed by atoms with Gasteiger partial charge in [0.25, 0.3) is 5.78 Å². The molecule has 1 aliphatic heterocycles. The van der Waals surface area contributed by atoms with Gasteiger partial charge in [0, 0.05) is 5.56 Å². The highest BCUT2D eigenvalue weighted by Gasteiger charge is 2.48. The lowest BCUT2D eigenvalue weighted by Gasteiger charge is -2.24. The van der Waals surface area contributed by atoms with Crippen LogP contribution in [0, 0.1) is 0 Å². The van der Waals surface area contributed by atoms with Crippen molar-refractivity contribution in [3.8, 4) is 23.0 Å². The summed E-state index contributed by atoms with van der Waals surface area (Å²) in [6.07, 6.45) is 0.808. The summed E-state index contributed by atoms with van der Waals surface area (Å²) in [6, 6.07) is 26.2. The number of aromatic nitrogens is 1. The Balaban J connectivity index is 1.47. The van der Waals surface area contributed by atoms with Crippen molar-refractivity contribution in [1.82, 2.24) is 4.98 Å². The van der Waals surface area contributed by atoms with Crippen LogP contribution in [0.15, 0.2) is 96.6 Å². The molecule has 5 aromatic rings. The van der Waals surface area contributed by atoms with Gasteiger partial charge in [-0.3, -0.25) is 14.5 Å². The molecule has 0 saturated carbocycles. The van der Waals surface area contributed by atoms with Crippen molar-refractivity contribution < 1.29 is 33.6 Å². The second-order valence-electron chi connectivity index (χ2n) is 10.6. The number of rotatable bonds is 11. The predicted molar refractivity (Wildman–Crippen MR) is 177 cm³/mol. The molecule has 0 radical (unpaired) electrons. The molecule has 0 bridgehead atoms. The first-order valence-corrected chi connectivity index (χ1v) is 15.6. The first kappa shape index (κ1) is 30.7. The molecule has 46 heavy (non-hydrogen) atoms. The quantitative estimate of drug-likeness (QED) is 0.0914. The molecule has 6 rings (SSSR count). The van der Waals surface area contributed by atoms with Gasteiger partial charge in [-0.25, -0.2) is 4.98 Å². The normalized spacial score (nSPS) is 15.7. The van der Waals surface area contributed by atoms with Crippen molar-refractivity contribution in [2.45, 2.75) is 26.0 Å². The second-order valence-corrected chi connectivity index (χ2v) is 11.6. The number of carbonyl (C=O) groups excluding carboxylic acids is 2. The van der Waals surface area contributed by atoms with Crippen LogP contribution < -0.4 is 23.8 Å². The van der Waals surface area contributed by atoms with Crippen LogP contribution in [0.4, 0.5) is 5.13 Å². The maximum Gasteiger partial charge on any atom is 0.301 e. The lowest BCUT2D eigenvalue weighted by atomic mass is 9.95. The Bertz CT molecular complexity index is 1940. The third-order valence-corrected chi connectivity index (χ3v) is 8.57. The fraction of sp³-hybridized carbons (Fsp3) is 0.194. The smallest absolute Gasteiger partial charge is 0.301 e. The van der Waals surface area contributed by atoms with E-state index in [1.165, 1.54) is 23.3 Å².